The number of fused-ring (bicyclic) bond motifs is 1. The van der Waals surface area contributed by atoms with Crippen LogP contribution >= 0.6 is 23.4 Å². The number of thioether (sulfide) groups is 1. The quantitative estimate of drug-likeness (QED) is 0.491. The molecule has 1 atom stereocenters. The van der Waals surface area contributed by atoms with Crippen LogP contribution in [0.1, 0.15) is 39.6 Å². The number of phenols is 1. The van der Waals surface area contributed by atoms with Gasteiger partial charge in [-0.05, 0) is 55.0 Å². The van der Waals surface area contributed by atoms with E-state index in [-0.39, 0.29) is 24.3 Å². The second-order valence-corrected chi connectivity index (χ2v) is 8.52. The number of hydrogen-bond donors (Lipinski definition) is 3. The molecule has 4 rings (SSSR count). The molecule has 1 aliphatic heterocycles. The molecule has 1 amide bonds. The number of aryl methyl sites for hydroxylation is 1. The van der Waals surface area contributed by atoms with Crippen molar-refractivity contribution in [3.8, 4) is 17.0 Å². The van der Waals surface area contributed by atoms with Gasteiger partial charge in [0.25, 0.3) is 5.91 Å². The smallest absolute Gasteiger partial charge is 0.273 e. The number of rotatable bonds is 6. The summed E-state index contributed by atoms with van der Waals surface area (Å²) in [6, 6.07) is 11.0. The third kappa shape index (κ3) is 3.47. The number of H-pyrrole nitrogens is 1. The molecule has 156 valence electrons. The van der Waals surface area contributed by atoms with E-state index >= 15 is 0 Å². The van der Waals surface area contributed by atoms with Gasteiger partial charge in [-0.15, -0.1) is 11.8 Å². The third-order valence-electron chi connectivity index (χ3n) is 5.38. The Balaban J connectivity index is 1.88. The Morgan fingerprint density at radius 1 is 1.27 bits per heavy atom. The molecule has 1 aliphatic rings. The Bertz CT molecular complexity index is 1100. The molecule has 1 aromatic heterocycles. The number of carbonyl (C=O) groups excluding carboxylic acids is 1. The van der Waals surface area contributed by atoms with Crippen LogP contribution in [0.25, 0.3) is 11.3 Å². The summed E-state index contributed by atoms with van der Waals surface area (Å²) in [5.41, 5.74) is 3.80. The van der Waals surface area contributed by atoms with Crippen molar-refractivity contribution in [2.24, 2.45) is 0 Å². The fourth-order valence-electron chi connectivity index (χ4n) is 3.86. The summed E-state index contributed by atoms with van der Waals surface area (Å²) in [5.74, 6) is -0.113. The monoisotopic (exact) mass is 443 g/mol. The minimum absolute atomic E-state index is 0.00465. The molecule has 2 heterocycles. The van der Waals surface area contributed by atoms with E-state index in [1.807, 2.05) is 37.4 Å². The second-order valence-electron chi connectivity index (χ2n) is 7.23. The van der Waals surface area contributed by atoms with Crippen molar-refractivity contribution in [2.45, 2.75) is 24.3 Å². The number of hydrogen-bond acceptors (Lipinski definition) is 5. The highest BCUT2D eigenvalue weighted by Crippen LogP contribution is 2.45. The Kier molecular flexibility index (Phi) is 5.77. The highest BCUT2D eigenvalue weighted by atomic mass is 35.5. The summed E-state index contributed by atoms with van der Waals surface area (Å²) in [7, 11) is 0. The molecule has 0 radical (unpaired) electrons. The van der Waals surface area contributed by atoms with Gasteiger partial charge in [-0.2, -0.15) is 5.10 Å². The molecule has 3 N–H and O–H groups in total. The molecular formula is C22H22ClN3O3S. The summed E-state index contributed by atoms with van der Waals surface area (Å²) in [6.45, 7) is 2.22. The van der Waals surface area contributed by atoms with Gasteiger partial charge in [0.2, 0.25) is 0 Å². The number of phenolic OH excluding ortho intramolecular Hbond substituents is 1. The zero-order valence-corrected chi connectivity index (χ0v) is 18.2. The molecule has 0 spiro atoms. The first-order valence-electron chi connectivity index (χ1n) is 9.59. The molecule has 1 unspecified atom stereocenters. The fraction of sp³-hybridized carbons (Fsp3) is 0.273. The third-order valence-corrected chi connectivity index (χ3v) is 6.54. The highest BCUT2D eigenvalue weighted by Gasteiger charge is 2.42. The lowest BCUT2D eigenvalue weighted by Gasteiger charge is -2.26. The Morgan fingerprint density at radius 2 is 2.00 bits per heavy atom. The summed E-state index contributed by atoms with van der Waals surface area (Å²) in [5, 5.41) is 27.6. The molecule has 0 bridgehead atoms. The summed E-state index contributed by atoms with van der Waals surface area (Å²) in [6.07, 6.45) is 2.48. The topological polar surface area (TPSA) is 89.5 Å². The van der Waals surface area contributed by atoms with Crippen LogP contribution in [-0.2, 0) is 0 Å². The zero-order chi connectivity index (χ0) is 21.4. The van der Waals surface area contributed by atoms with Crippen molar-refractivity contribution < 1.29 is 15.0 Å². The number of nitrogens with zero attached hydrogens (tertiary/aromatic N) is 2. The van der Waals surface area contributed by atoms with Gasteiger partial charge >= 0.3 is 0 Å². The highest BCUT2D eigenvalue weighted by molar-refractivity contribution is 7.98. The van der Waals surface area contributed by atoms with E-state index in [1.54, 1.807) is 28.8 Å². The molecular weight excluding hydrogens is 422 g/mol. The van der Waals surface area contributed by atoms with Crippen LogP contribution in [0.2, 0.25) is 5.02 Å². The van der Waals surface area contributed by atoms with Crippen LogP contribution in [0.4, 0.5) is 0 Å². The predicted octanol–water partition coefficient (Wildman–Crippen LogP) is 4.39. The van der Waals surface area contributed by atoms with Crippen LogP contribution in [0.3, 0.4) is 0 Å². The Hall–Kier alpha value is -2.48. The van der Waals surface area contributed by atoms with Crippen LogP contribution in [0.15, 0.2) is 41.3 Å². The normalized spacial score (nSPS) is 15.7. The molecule has 30 heavy (non-hydrogen) atoms. The summed E-state index contributed by atoms with van der Waals surface area (Å²) >= 11 is 7.96. The van der Waals surface area contributed by atoms with Crippen LogP contribution < -0.4 is 0 Å². The number of aliphatic hydroxyl groups excluding tert-OH is 1. The maximum atomic E-state index is 13.1. The minimum atomic E-state index is -0.372. The molecule has 0 aliphatic carbocycles. The fourth-order valence-corrected chi connectivity index (χ4v) is 4.43. The zero-order valence-electron chi connectivity index (χ0n) is 16.6. The number of benzene rings is 2. The van der Waals surface area contributed by atoms with E-state index in [2.05, 4.69) is 10.2 Å². The molecule has 6 nitrogen and oxygen atoms in total. The number of aromatic amines is 1. The van der Waals surface area contributed by atoms with Gasteiger partial charge in [0.15, 0.2) is 0 Å². The van der Waals surface area contributed by atoms with Gasteiger partial charge in [0.05, 0.1) is 6.04 Å². The van der Waals surface area contributed by atoms with E-state index in [9.17, 15) is 15.0 Å². The SMILES string of the molecule is CSc1ccc(C2c3c(-c4cc(Cl)c(C)cc4O)n[nH]c3C(=O)N2CCCO)cc1. The molecule has 0 saturated heterocycles. The lowest BCUT2D eigenvalue weighted by molar-refractivity contribution is 0.0732. The van der Waals surface area contributed by atoms with E-state index in [1.165, 1.54) is 0 Å². The molecule has 0 saturated carbocycles. The van der Waals surface area contributed by atoms with Crippen molar-refractivity contribution in [3.05, 3.63) is 63.8 Å². The number of carbonyl (C=O) groups is 1. The lowest BCUT2D eigenvalue weighted by Crippen LogP contribution is -2.31. The molecule has 8 heteroatoms. The van der Waals surface area contributed by atoms with Crippen molar-refractivity contribution in [3.63, 3.8) is 0 Å². The predicted molar refractivity (Wildman–Crippen MR) is 118 cm³/mol. The van der Waals surface area contributed by atoms with E-state index < -0.39 is 0 Å². The Morgan fingerprint density at radius 3 is 2.67 bits per heavy atom. The number of aromatic hydroxyl groups is 1. The van der Waals surface area contributed by atoms with Gasteiger partial charge in [-0.1, -0.05) is 23.7 Å². The number of aromatic nitrogens is 2. The Labute approximate surface area is 183 Å². The van der Waals surface area contributed by atoms with E-state index in [0.29, 0.717) is 40.5 Å². The number of halogens is 1. The minimum Gasteiger partial charge on any atom is -0.507 e. The van der Waals surface area contributed by atoms with Crippen LogP contribution in [-0.4, -0.2) is 50.6 Å². The second kappa shape index (κ2) is 8.34. The molecule has 0 fully saturated rings. The van der Waals surface area contributed by atoms with Gasteiger partial charge in [0.1, 0.15) is 17.1 Å². The van der Waals surface area contributed by atoms with Crippen molar-refractivity contribution >= 4 is 29.3 Å². The van der Waals surface area contributed by atoms with Gasteiger partial charge in [-0.3, -0.25) is 9.89 Å². The van der Waals surface area contributed by atoms with Crippen molar-refractivity contribution in [2.75, 3.05) is 19.4 Å². The van der Waals surface area contributed by atoms with Gasteiger partial charge in [0, 0.05) is 34.2 Å². The van der Waals surface area contributed by atoms with E-state index in [0.717, 1.165) is 16.0 Å². The number of amides is 1. The van der Waals surface area contributed by atoms with E-state index in [4.69, 9.17) is 11.6 Å². The summed E-state index contributed by atoms with van der Waals surface area (Å²) in [4.78, 5) is 16.0. The molecule has 2 aromatic carbocycles. The molecule has 3 aromatic rings. The largest absolute Gasteiger partial charge is 0.507 e. The maximum Gasteiger partial charge on any atom is 0.273 e. The average Bonchev–Trinajstić information content (AvgIpc) is 3.28. The first kappa shape index (κ1) is 20.8. The first-order valence-corrected chi connectivity index (χ1v) is 11.2. The van der Waals surface area contributed by atoms with Crippen molar-refractivity contribution in [1.82, 2.24) is 15.1 Å². The number of nitrogens with one attached hydrogen (secondary N) is 1. The maximum absolute atomic E-state index is 13.1. The van der Waals surface area contributed by atoms with Crippen LogP contribution in [0.5, 0.6) is 5.75 Å². The summed E-state index contributed by atoms with van der Waals surface area (Å²) < 4.78 is 0. The van der Waals surface area contributed by atoms with Gasteiger partial charge in [-0.25, -0.2) is 0 Å². The number of aliphatic hydroxyl groups is 1. The van der Waals surface area contributed by atoms with Gasteiger partial charge < -0.3 is 15.1 Å². The standard InChI is InChI=1S/C22H22ClN3O3S/c1-12-10-17(28)15(11-16(12)23)19-18-20(25-24-19)22(29)26(8-3-9-27)21(18)13-4-6-14(30-2)7-5-13/h4-7,10-11,21,27-28H,3,8-9H2,1-2H3,(H,24,25). The van der Waals surface area contributed by atoms with Crippen molar-refractivity contribution in [1.29, 1.82) is 0 Å². The van der Waals surface area contributed by atoms with Crippen LogP contribution in [0, 0.1) is 6.92 Å². The average molecular weight is 444 g/mol. The first-order chi connectivity index (χ1) is 14.5. The lowest BCUT2D eigenvalue weighted by atomic mass is 9.95.